The Hall–Kier alpha value is -0.610. The summed E-state index contributed by atoms with van der Waals surface area (Å²) in [6, 6.07) is 0. The van der Waals surface area contributed by atoms with Gasteiger partial charge in [-0.05, 0) is 26.3 Å². The van der Waals surface area contributed by atoms with Crippen LogP contribution in [0.2, 0.25) is 0 Å². The van der Waals surface area contributed by atoms with Gasteiger partial charge in [0.15, 0.2) is 0 Å². The van der Waals surface area contributed by atoms with Crippen LogP contribution < -0.4 is 10.6 Å². The highest BCUT2D eigenvalue weighted by molar-refractivity contribution is 5.83. The van der Waals surface area contributed by atoms with E-state index in [1.54, 1.807) is 7.11 Å². The molecule has 0 bridgehead atoms. The molecule has 0 radical (unpaired) electrons. The number of ether oxygens (including phenoxy) is 1. The van der Waals surface area contributed by atoms with Crippen molar-refractivity contribution in [2.75, 3.05) is 33.4 Å². The number of carbonyl (C=O) groups is 1. The zero-order chi connectivity index (χ0) is 10.4. The van der Waals surface area contributed by atoms with Crippen LogP contribution in [0.5, 0.6) is 0 Å². The van der Waals surface area contributed by atoms with Crippen molar-refractivity contribution in [1.82, 2.24) is 10.6 Å². The average molecular weight is 200 g/mol. The maximum atomic E-state index is 11.9. The molecule has 1 rings (SSSR count). The van der Waals surface area contributed by atoms with Gasteiger partial charge in [-0.1, -0.05) is 0 Å². The van der Waals surface area contributed by atoms with Crippen LogP contribution in [-0.2, 0) is 9.53 Å². The molecule has 2 N–H and O–H groups in total. The molecule has 1 aliphatic rings. The quantitative estimate of drug-likeness (QED) is 0.663. The van der Waals surface area contributed by atoms with Crippen LogP contribution >= 0.6 is 0 Å². The zero-order valence-corrected chi connectivity index (χ0v) is 9.06. The second kappa shape index (κ2) is 5.32. The normalized spacial score (nSPS) is 26.4. The van der Waals surface area contributed by atoms with E-state index in [1.807, 2.05) is 6.92 Å². The number of hydrogen-bond acceptors (Lipinski definition) is 3. The van der Waals surface area contributed by atoms with E-state index < -0.39 is 0 Å². The van der Waals surface area contributed by atoms with Crippen molar-refractivity contribution in [2.24, 2.45) is 5.41 Å². The van der Waals surface area contributed by atoms with E-state index in [4.69, 9.17) is 4.74 Å². The summed E-state index contributed by atoms with van der Waals surface area (Å²) < 4.78 is 5.05. The van der Waals surface area contributed by atoms with E-state index in [1.165, 1.54) is 0 Å². The highest BCUT2D eigenvalue weighted by Crippen LogP contribution is 2.29. The molecule has 0 saturated carbocycles. The van der Waals surface area contributed by atoms with Gasteiger partial charge in [0.05, 0.1) is 5.41 Å². The summed E-state index contributed by atoms with van der Waals surface area (Å²) in [5.74, 6) is 0.169. The van der Waals surface area contributed by atoms with Gasteiger partial charge in [-0.25, -0.2) is 0 Å². The molecule has 1 saturated heterocycles. The molecule has 14 heavy (non-hydrogen) atoms. The van der Waals surface area contributed by atoms with Crippen LogP contribution in [0.3, 0.4) is 0 Å². The molecule has 4 heteroatoms. The lowest BCUT2D eigenvalue weighted by Gasteiger charge is -2.26. The number of nitrogens with one attached hydrogen (secondary N) is 2. The number of amides is 1. The Balaban J connectivity index is 2.56. The van der Waals surface area contributed by atoms with Crippen molar-refractivity contribution in [3.63, 3.8) is 0 Å². The van der Waals surface area contributed by atoms with Crippen LogP contribution in [0.1, 0.15) is 19.8 Å². The lowest BCUT2D eigenvalue weighted by Crippen LogP contribution is -2.43. The Bertz CT molecular complexity index is 189. The SMILES string of the molecule is CCNC(=O)C1(CCOC)CCNC1. The van der Waals surface area contributed by atoms with Gasteiger partial charge in [0.2, 0.25) is 5.91 Å². The Kier molecular flexibility index (Phi) is 4.35. The van der Waals surface area contributed by atoms with E-state index in [-0.39, 0.29) is 11.3 Å². The Morgan fingerprint density at radius 1 is 1.64 bits per heavy atom. The molecule has 1 atom stereocenters. The third-order valence-corrected chi connectivity index (χ3v) is 2.85. The van der Waals surface area contributed by atoms with E-state index in [0.717, 1.165) is 25.9 Å². The van der Waals surface area contributed by atoms with Gasteiger partial charge in [-0.15, -0.1) is 0 Å². The zero-order valence-electron chi connectivity index (χ0n) is 9.06. The molecule has 1 amide bonds. The molecule has 82 valence electrons. The van der Waals surface area contributed by atoms with Crippen molar-refractivity contribution >= 4 is 5.91 Å². The Morgan fingerprint density at radius 2 is 2.43 bits per heavy atom. The van der Waals surface area contributed by atoms with Gasteiger partial charge >= 0.3 is 0 Å². The van der Waals surface area contributed by atoms with Crippen LogP contribution in [0.25, 0.3) is 0 Å². The third kappa shape index (κ3) is 2.45. The minimum absolute atomic E-state index is 0.169. The molecule has 1 fully saturated rings. The maximum Gasteiger partial charge on any atom is 0.227 e. The van der Waals surface area contributed by atoms with Gasteiger partial charge in [-0.2, -0.15) is 0 Å². The van der Waals surface area contributed by atoms with E-state index in [2.05, 4.69) is 10.6 Å². The summed E-state index contributed by atoms with van der Waals surface area (Å²) in [5, 5.41) is 6.15. The number of carbonyl (C=O) groups excluding carboxylic acids is 1. The fourth-order valence-corrected chi connectivity index (χ4v) is 1.91. The maximum absolute atomic E-state index is 11.9. The average Bonchev–Trinajstić information content (AvgIpc) is 2.65. The molecule has 0 aromatic rings. The summed E-state index contributed by atoms with van der Waals surface area (Å²) in [5.41, 5.74) is -0.230. The fraction of sp³-hybridized carbons (Fsp3) is 0.900. The minimum atomic E-state index is -0.230. The second-order valence-corrected chi connectivity index (χ2v) is 3.81. The van der Waals surface area contributed by atoms with Crippen LogP contribution in [0.15, 0.2) is 0 Å². The lowest BCUT2D eigenvalue weighted by atomic mass is 9.83. The minimum Gasteiger partial charge on any atom is -0.385 e. The van der Waals surface area contributed by atoms with E-state index >= 15 is 0 Å². The van der Waals surface area contributed by atoms with Gasteiger partial charge in [0.25, 0.3) is 0 Å². The third-order valence-electron chi connectivity index (χ3n) is 2.85. The Morgan fingerprint density at radius 3 is 2.93 bits per heavy atom. The lowest BCUT2D eigenvalue weighted by molar-refractivity contribution is -0.131. The van der Waals surface area contributed by atoms with Crippen LogP contribution in [0.4, 0.5) is 0 Å². The monoisotopic (exact) mass is 200 g/mol. The standard InChI is InChI=1S/C10H20N2O2/c1-3-12-9(13)10(5-7-14-2)4-6-11-8-10/h11H,3-8H2,1-2H3,(H,12,13). The largest absolute Gasteiger partial charge is 0.385 e. The van der Waals surface area contributed by atoms with Crippen molar-refractivity contribution in [3.05, 3.63) is 0 Å². The Labute approximate surface area is 85.4 Å². The molecule has 1 aliphatic heterocycles. The van der Waals surface area contributed by atoms with Gasteiger partial charge in [0, 0.05) is 26.8 Å². The number of methoxy groups -OCH3 is 1. The van der Waals surface area contributed by atoms with Gasteiger partial charge < -0.3 is 15.4 Å². The molecule has 0 aromatic carbocycles. The predicted molar refractivity (Wildman–Crippen MR) is 55.1 cm³/mol. The summed E-state index contributed by atoms with van der Waals surface area (Å²) in [6.07, 6.45) is 1.73. The first kappa shape index (κ1) is 11.5. The molecule has 1 heterocycles. The second-order valence-electron chi connectivity index (χ2n) is 3.81. The highest BCUT2D eigenvalue weighted by Gasteiger charge is 2.40. The van der Waals surface area contributed by atoms with E-state index in [0.29, 0.717) is 13.2 Å². The molecular formula is C10H20N2O2. The smallest absolute Gasteiger partial charge is 0.227 e. The molecule has 1 unspecified atom stereocenters. The van der Waals surface area contributed by atoms with Crippen molar-refractivity contribution < 1.29 is 9.53 Å². The summed E-state index contributed by atoms with van der Waals surface area (Å²) in [6.45, 7) is 5.01. The number of hydrogen-bond donors (Lipinski definition) is 2. The molecule has 0 aromatic heterocycles. The highest BCUT2D eigenvalue weighted by atomic mass is 16.5. The van der Waals surface area contributed by atoms with Crippen molar-refractivity contribution in [1.29, 1.82) is 0 Å². The first-order chi connectivity index (χ1) is 6.75. The molecule has 0 spiro atoms. The molecule has 4 nitrogen and oxygen atoms in total. The summed E-state index contributed by atoms with van der Waals surface area (Å²) >= 11 is 0. The van der Waals surface area contributed by atoms with Gasteiger partial charge in [0.1, 0.15) is 0 Å². The van der Waals surface area contributed by atoms with Crippen molar-refractivity contribution in [3.8, 4) is 0 Å². The van der Waals surface area contributed by atoms with Gasteiger partial charge in [-0.3, -0.25) is 4.79 Å². The first-order valence-electron chi connectivity index (χ1n) is 5.23. The number of rotatable bonds is 5. The van der Waals surface area contributed by atoms with E-state index in [9.17, 15) is 4.79 Å². The summed E-state index contributed by atoms with van der Waals surface area (Å²) in [4.78, 5) is 11.9. The molecular weight excluding hydrogens is 180 g/mol. The predicted octanol–water partition coefficient (Wildman–Crippen LogP) is 0.139. The molecule has 0 aliphatic carbocycles. The topological polar surface area (TPSA) is 50.4 Å². The van der Waals surface area contributed by atoms with Crippen LogP contribution in [-0.4, -0.2) is 39.3 Å². The first-order valence-corrected chi connectivity index (χ1v) is 5.23. The summed E-state index contributed by atoms with van der Waals surface area (Å²) in [7, 11) is 1.67. The van der Waals surface area contributed by atoms with Crippen molar-refractivity contribution in [2.45, 2.75) is 19.8 Å². The van der Waals surface area contributed by atoms with Crippen LogP contribution in [0, 0.1) is 5.41 Å². The fourth-order valence-electron chi connectivity index (χ4n) is 1.91.